The maximum atomic E-state index is 5.55. The van der Waals surface area contributed by atoms with Crippen molar-refractivity contribution in [1.29, 1.82) is 0 Å². The van der Waals surface area contributed by atoms with Crippen LogP contribution in [0.5, 0.6) is 5.75 Å². The number of hydrogen-bond donors (Lipinski definition) is 1. The minimum atomic E-state index is 0.118. The predicted octanol–water partition coefficient (Wildman–Crippen LogP) is 2.11. The number of rotatable bonds is 3. The van der Waals surface area contributed by atoms with E-state index in [2.05, 4.69) is 23.5 Å². The van der Waals surface area contributed by atoms with Crippen LogP contribution in [-0.4, -0.2) is 32.9 Å². The molecule has 0 saturated carbocycles. The lowest BCUT2D eigenvalue weighted by Gasteiger charge is -2.49. The fourth-order valence-corrected chi connectivity index (χ4v) is 3.25. The van der Waals surface area contributed by atoms with Crippen LogP contribution in [0.25, 0.3) is 0 Å². The highest BCUT2D eigenvalue weighted by Gasteiger charge is 2.48. The maximum absolute atomic E-state index is 5.55. The summed E-state index contributed by atoms with van der Waals surface area (Å²) in [5, 5.41) is 3.68. The summed E-state index contributed by atoms with van der Waals surface area (Å²) in [6.07, 6.45) is 3.84. The van der Waals surface area contributed by atoms with E-state index in [1.165, 1.54) is 24.8 Å². The van der Waals surface area contributed by atoms with Gasteiger partial charge in [-0.1, -0.05) is 24.6 Å². The van der Waals surface area contributed by atoms with Crippen LogP contribution in [0, 0.1) is 0 Å². The minimum Gasteiger partial charge on any atom is -0.496 e. The third kappa shape index (κ3) is 1.82. The zero-order valence-corrected chi connectivity index (χ0v) is 10.9. The van der Waals surface area contributed by atoms with E-state index in [9.17, 15) is 0 Å². The van der Waals surface area contributed by atoms with Crippen LogP contribution in [0.1, 0.15) is 24.8 Å². The van der Waals surface area contributed by atoms with Crippen molar-refractivity contribution < 1.29 is 9.47 Å². The summed E-state index contributed by atoms with van der Waals surface area (Å²) in [6, 6.07) is 8.90. The zero-order valence-electron chi connectivity index (χ0n) is 10.9. The molecular formula is C15H21NO2. The second kappa shape index (κ2) is 4.90. The number of ether oxygens (including phenoxy) is 2. The molecule has 0 bridgehead atoms. The first-order chi connectivity index (χ1) is 8.87. The van der Waals surface area contributed by atoms with Crippen LogP contribution in [0.4, 0.5) is 0 Å². The molecule has 0 aromatic heterocycles. The van der Waals surface area contributed by atoms with Gasteiger partial charge in [-0.25, -0.2) is 0 Å². The van der Waals surface area contributed by atoms with Gasteiger partial charge in [-0.3, -0.25) is 0 Å². The third-order valence-electron chi connectivity index (χ3n) is 4.34. The Morgan fingerprint density at radius 2 is 2.11 bits per heavy atom. The van der Waals surface area contributed by atoms with E-state index >= 15 is 0 Å². The maximum Gasteiger partial charge on any atom is 0.122 e. The molecule has 2 fully saturated rings. The quantitative estimate of drug-likeness (QED) is 0.887. The van der Waals surface area contributed by atoms with Gasteiger partial charge in [-0.05, 0) is 25.5 Å². The van der Waals surface area contributed by atoms with Crippen molar-refractivity contribution in [2.75, 3.05) is 26.9 Å². The summed E-state index contributed by atoms with van der Waals surface area (Å²) in [5.74, 6) is 0.994. The Kier molecular flexibility index (Phi) is 3.27. The zero-order chi connectivity index (χ0) is 12.4. The molecule has 1 unspecified atom stereocenters. The van der Waals surface area contributed by atoms with E-state index in [1.807, 2.05) is 6.07 Å². The molecule has 1 aromatic rings. The Morgan fingerprint density at radius 1 is 1.28 bits per heavy atom. The monoisotopic (exact) mass is 247 g/mol. The fourth-order valence-electron chi connectivity index (χ4n) is 3.25. The standard InChI is InChI=1S/C15H21NO2/c1-17-13-7-3-2-6-12(13)15(10-18-11-15)14-8-4-5-9-16-14/h2-3,6-7,14,16H,4-5,8-11H2,1H3. The van der Waals surface area contributed by atoms with Crippen molar-refractivity contribution in [3.05, 3.63) is 29.8 Å². The number of benzene rings is 1. The van der Waals surface area contributed by atoms with Crippen LogP contribution < -0.4 is 10.1 Å². The van der Waals surface area contributed by atoms with Crippen LogP contribution in [-0.2, 0) is 10.2 Å². The lowest BCUT2D eigenvalue weighted by molar-refractivity contribution is -0.0835. The fraction of sp³-hybridized carbons (Fsp3) is 0.600. The van der Waals surface area contributed by atoms with Gasteiger partial charge in [0.25, 0.3) is 0 Å². The molecule has 1 aromatic carbocycles. The molecule has 3 rings (SSSR count). The molecule has 0 aliphatic carbocycles. The molecule has 98 valence electrons. The van der Waals surface area contributed by atoms with Gasteiger partial charge in [0.05, 0.1) is 25.7 Å². The van der Waals surface area contributed by atoms with Crippen molar-refractivity contribution in [1.82, 2.24) is 5.32 Å². The van der Waals surface area contributed by atoms with Crippen LogP contribution >= 0.6 is 0 Å². The van der Waals surface area contributed by atoms with Gasteiger partial charge in [0.2, 0.25) is 0 Å². The number of methoxy groups -OCH3 is 1. The van der Waals surface area contributed by atoms with Gasteiger partial charge in [-0.15, -0.1) is 0 Å². The first-order valence-corrected chi connectivity index (χ1v) is 6.81. The van der Waals surface area contributed by atoms with E-state index in [-0.39, 0.29) is 5.41 Å². The largest absolute Gasteiger partial charge is 0.496 e. The average molecular weight is 247 g/mol. The molecule has 3 nitrogen and oxygen atoms in total. The Morgan fingerprint density at radius 3 is 2.72 bits per heavy atom. The summed E-state index contributed by atoms with van der Waals surface area (Å²) in [7, 11) is 1.75. The molecule has 2 heterocycles. The molecule has 1 N–H and O–H groups in total. The van der Waals surface area contributed by atoms with Gasteiger partial charge in [-0.2, -0.15) is 0 Å². The number of piperidine rings is 1. The van der Waals surface area contributed by atoms with Gasteiger partial charge in [0, 0.05) is 11.6 Å². The Hall–Kier alpha value is -1.06. The van der Waals surface area contributed by atoms with Crippen LogP contribution in [0.3, 0.4) is 0 Å². The first kappa shape index (κ1) is 12.0. The number of para-hydroxylation sites is 1. The summed E-state index contributed by atoms with van der Waals surface area (Å²) < 4.78 is 11.1. The average Bonchev–Trinajstić information content (AvgIpc) is 2.39. The van der Waals surface area contributed by atoms with Crippen molar-refractivity contribution in [2.45, 2.75) is 30.7 Å². The lowest BCUT2D eigenvalue weighted by atomic mass is 9.69. The SMILES string of the molecule is COc1ccccc1C1(C2CCCCN2)COC1. The van der Waals surface area contributed by atoms with Crippen molar-refractivity contribution in [2.24, 2.45) is 0 Å². The van der Waals surface area contributed by atoms with Gasteiger partial charge in [0.15, 0.2) is 0 Å². The summed E-state index contributed by atoms with van der Waals surface area (Å²) in [6.45, 7) is 2.75. The summed E-state index contributed by atoms with van der Waals surface area (Å²) in [4.78, 5) is 0. The second-order valence-electron chi connectivity index (χ2n) is 5.35. The molecule has 2 aliphatic heterocycles. The normalized spacial score (nSPS) is 26.4. The molecule has 2 saturated heterocycles. The number of hydrogen-bond acceptors (Lipinski definition) is 3. The van der Waals surface area contributed by atoms with E-state index in [1.54, 1.807) is 7.11 Å². The Labute approximate surface area is 108 Å². The molecule has 2 aliphatic rings. The smallest absolute Gasteiger partial charge is 0.122 e. The summed E-state index contributed by atoms with van der Waals surface area (Å²) >= 11 is 0. The Balaban J connectivity index is 1.94. The second-order valence-corrected chi connectivity index (χ2v) is 5.35. The van der Waals surface area contributed by atoms with Crippen molar-refractivity contribution in [3.8, 4) is 5.75 Å². The first-order valence-electron chi connectivity index (χ1n) is 6.81. The van der Waals surface area contributed by atoms with Crippen LogP contribution in [0.2, 0.25) is 0 Å². The minimum absolute atomic E-state index is 0.118. The van der Waals surface area contributed by atoms with E-state index in [4.69, 9.17) is 9.47 Å². The Bertz CT molecular complexity index is 409. The highest BCUT2D eigenvalue weighted by Crippen LogP contribution is 2.42. The highest BCUT2D eigenvalue weighted by atomic mass is 16.5. The van der Waals surface area contributed by atoms with E-state index in [0.29, 0.717) is 6.04 Å². The van der Waals surface area contributed by atoms with Gasteiger partial charge >= 0.3 is 0 Å². The molecule has 0 amide bonds. The topological polar surface area (TPSA) is 30.5 Å². The van der Waals surface area contributed by atoms with Gasteiger partial charge in [0.1, 0.15) is 5.75 Å². The van der Waals surface area contributed by atoms with Crippen molar-refractivity contribution in [3.63, 3.8) is 0 Å². The molecule has 1 atom stereocenters. The third-order valence-corrected chi connectivity index (χ3v) is 4.34. The predicted molar refractivity (Wildman–Crippen MR) is 71.1 cm³/mol. The van der Waals surface area contributed by atoms with Crippen LogP contribution in [0.15, 0.2) is 24.3 Å². The molecular weight excluding hydrogens is 226 g/mol. The van der Waals surface area contributed by atoms with E-state index < -0.39 is 0 Å². The molecule has 3 heteroatoms. The lowest BCUT2D eigenvalue weighted by Crippen LogP contribution is -2.61. The molecule has 0 spiro atoms. The highest BCUT2D eigenvalue weighted by molar-refractivity contribution is 5.43. The van der Waals surface area contributed by atoms with Gasteiger partial charge < -0.3 is 14.8 Å². The summed E-state index contributed by atoms with van der Waals surface area (Å²) in [5.41, 5.74) is 1.42. The molecule has 18 heavy (non-hydrogen) atoms. The molecule has 0 radical (unpaired) electrons. The van der Waals surface area contributed by atoms with Crippen molar-refractivity contribution >= 4 is 0 Å². The van der Waals surface area contributed by atoms with E-state index in [0.717, 1.165) is 25.5 Å². The number of nitrogens with one attached hydrogen (secondary N) is 1.